The van der Waals surface area contributed by atoms with Crippen LogP contribution in [0.3, 0.4) is 0 Å². The van der Waals surface area contributed by atoms with Gasteiger partial charge in [-0.05, 0) is 30.9 Å². The molecule has 0 spiro atoms. The third-order valence-electron chi connectivity index (χ3n) is 3.38. The Labute approximate surface area is 111 Å². The molecule has 0 aliphatic carbocycles. The SMILES string of the molecule is CCCCC(NCC(C)CCO)c1ccccc1. The van der Waals surface area contributed by atoms with Crippen LogP contribution < -0.4 is 5.32 Å². The molecule has 102 valence electrons. The van der Waals surface area contributed by atoms with Gasteiger partial charge in [-0.25, -0.2) is 0 Å². The van der Waals surface area contributed by atoms with Gasteiger partial charge in [0.05, 0.1) is 0 Å². The second-order valence-electron chi connectivity index (χ2n) is 5.13. The first kappa shape index (κ1) is 15.2. The van der Waals surface area contributed by atoms with Crippen LogP contribution in [-0.2, 0) is 0 Å². The fraction of sp³-hybridized carbons (Fsp3) is 0.625. The number of hydrogen-bond donors (Lipinski definition) is 2. The summed E-state index contributed by atoms with van der Waals surface area (Å²) in [5.74, 6) is 0.530. The van der Waals surface area contributed by atoms with Crippen molar-refractivity contribution in [2.45, 2.75) is 45.6 Å². The summed E-state index contributed by atoms with van der Waals surface area (Å²) in [5, 5.41) is 12.6. The molecule has 2 nitrogen and oxygen atoms in total. The van der Waals surface area contributed by atoms with Crippen molar-refractivity contribution in [2.24, 2.45) is 5.92 Å². The lowest BCUT2D eigenvalue weighted by Crippen LogP contribution is -2.26. The molecule has 0 radical (unpaired) electrons. The Balaban J connectivity index is 2.51. The minimum atomic E-state index is 0.286. The van der Waals surface area contributed by atoms with Gasteiger partial charge in [0.25, 0.3) is 0 Å². The zero-order valence-electron chi connectivity index (χ0n) is 11.7. The van der Waals surface area contributed by atoms with Gasteiger partial charge in [-0.1, -0.05) is 57.0 Å². The molecular formula is C16H27NO. The van der Waals surface area contributed by atoms with Crippen molar-refractivity contribution in [2.75, 3.05) is 13.2 Å². The van der Waals surface area contributed by atoms with Crippen molar-refractivity contribution in [3.8, 4) is 0 Å². The maximum Gasteiger partial charge on any atom is 0.0434 e. The highest BCUT2D eigenvalue weighted by atomic mass is 16.3. The van der Waals surface area contributed by atoms with Crippen LogP contribution in [0.2, 0.25) is 0 Å². The maximum atomic E-state index is 8.93. The zero-order valence-corrected chi connectivity index (χ0v) is 11.7. The van der Waals surface area contributed by atoms with Crippen LogP contribution in [0.5, 0.6) is 0 Å². The summed E-state index contributed by atoms with van der Waals surface area (Å²) in [6.45, 7) is 5.68. The Morgan fingerprint density at radius 3 is 2.50 bits per heavy atom. The first-order valence-corrected chi connectivity index (χ1v) is 7.17. The number of rotatable bonds is 9. The Bertz CT molecular complexity index is 299. The van der Waals surface area contributed by atoms with Gasteiger partial charge < -0.3 is 10.4 Å². The molecule has 18 heavy (non-hydrogen) atoms. The van der Waals surface area contributed by atoms with Gasteiger partial charge in [0.2, 0.25) is 0 Å². The quantitative estimate of drug-likeness (QED) is 0.702. The third kappa shape index (κ3) is 5.65. The Morgan fingerprint density at radius 2 is 1.89 bits per heavy atom. The van der Waals surface area contributed by atoms with Gasteiger partial charge in [-0.2, -0.15) is 0 Å². The lowest BCUT2D eigenvalue weighted by atomic mass is 10.00. The lowest BCUT2D eigenvalue weighted by Gasteiger charge is -2.21. The summed E-state index contributed by atoms with van der Waals surface area (Å²) in [6, 6.07) is 11.1. The molecule has 0 aromatic heterocycles. The van der Waals surface area contributed by atoms with Gasteiger partial charge in [0.15, 0.2) is 0 Å². The Kier molecular flexibility index (Phi) is 7.70. The molecule has 0 aliphatic rings. The van der Waals surface area contributed by atoms with E-state index in [9.17, 15) is 0 Å². The topological polar surface area (TPSA) is 32.3 Å². The van der Waals surface area contributed by atoms with Crippen LogP contribution in [0.4, 0.5) is 0 Å². The second-order valence-corrected chi connectivity index (χ2v) is 5.13. The van der Waals surface area contributed by atoms with E-state index in [0.717, 1.165) is 13.0 Å². The summed E-state index contributed by atoms with van der Waals surface area (Å²) in [6.07, 6.45) is 4.55. The van der Waals surface area contributed by atoms with Crippen molar-refractivity contribution in [3.05, 3.63) is 35.9 Å². The van der Waals surface area contributed by atoms with E-state index >= 15 is 0 Å². The fourth-order valence-corrected chi connectivity index (χ4v) is 2.15. The van der Waals surface area contributed by atoms with Crippen LogP contribution in [-0.4, -0.2) is 18.3 Å². The molecule has 2 atom stereocenters. The average Bonchev–Trinajstić information content (AvgIpc) is 2.40. The van der Waals surface area contributed by atoms with Gasteiger partial charge in [-0.3, -0.25) is 0 Å². The number of aliphatic hydroxyl groups is 1. The summed E-state index contributed by atoms with van der Waals surface area (Å²) in [5.41, 5.74) is 1.38. The standard InChI is InChI=1S/C16H27NO/c1-3-4-10-16(15-8-6-5-7-9-15)17-13-14(2)11-12-18/h5-9,14,16-18H,3-4,10-13H2,1-2H3. The molecule has 0 fully saturated rings. The molecule has 1 aromatic carbocycles. The fourth-order valence-electron chi connectivity index (χ4n) is 2.15. The van der Waals surface area contributed by atoms with E-state index in [1.165, 1.54) is 24.8 Å². The highest BCUT2D eigenvalue weighted by molar-refractivity contribution is 5.18. The van der Waals surface area contributed by atoms with Crippen LogP contribution in [0, 0.1) is 5.92 Å². The molecule has 1 rings (SSSR count). The van der Waals surface area contributed by atoms with Crippen LogP contribution in [0.1, 0.15) is 51.1 Å². The number of benzene rings is 1. The van der Waals surface area contributed by atoms with Gasteiger partial charge in [0.1, 0.15) is 0 Å². The smallest absolute Gasteiger partial charge is 0.0434 e. The molecule has 0 aliphatic heterocycles. The monoisotopic (exact) mass is 249 g/mol. The van der Waals surface area contributed by atoms with Gasteiger partial charge in [-0.15, -0.1) is 0 Å². The van der Waals surface area contributed by atoms with E-state index in [-0.39, 0.29) is 6.61 Å². The summed E-state index contributed by atoms with van der Waals surface area (Å²) in [4.78, 5) is 0. The predicted molar refractivity (Wildman–Crippen MR) is 77.6 cm³/mol. The van der Waals surface area contributed by atoms with Crippen molar-refractivity contribution in [3.63, 3.8) is 0 Å². The van der Waals surface area contributed by atoms with Gasteiger partial charge >= 0.3 is 0 Å². The first-order valence-electron chi connectivity index (χ1n) is 7.17. The summed E-state index contributed by atoms with van der Waals surface area (Å²) in [7, 11) is 0. The van der Waals surface area contributed by atoms with Crippen LogP contribution >= 0.6 is 0 Å². The largest absolute Gasteiger partial charge is 0.396 e. The number of nitrogens with one attached hydrogen (secondary N) is 1. The minimum Gasteiger partial charge on any atom is -0.396 e. The average molecular weight is 249 g/mol. The Hall–Kier alpha value is -0.860. The molecule has 0 saturated carbocycles. The molecule has 2 unspecified atom stereocenters. The number of hydrogen-bond acceptors (Lipinski definition) is 2. The van der Waals surface area contributed by atoms with E-state index in [1.807, 2.05) is 0 Å². The van der Waals surface area contributed by atoms with E-state index in [2.05, 4.69) is 49.5 Å². The molecule has 2 heteroatoms. The molecule has 0 heterocycles. The van der Waals surface area contributed by atoms with Crippen LogP contribution in [0.25, 0.3) is 0 Å². The summed E-state index contributed by atoms with van der Waals surface area (Å²) < 4.78 is 0. The maximum absolute atomic E-state index is 8.93. The highest BCUT2D eigenvalue weighted by Crippen LogP contribution is 2.19. The van der Waals surface area contributed by atoms with Crippen molar-refractivity contribution in [1.29, 1.82) is 0 Å². The molecule has 0 bridgehead atoms. The number of unbranched alkanes of at least 4 members (excludes halogenated alkanes) is 1. The van der Waals surface area contributed by atoms with E-state index in [1.54, 1.807) is 0 Å². The Morgan fingerprint density at radius 1 is 1.17 bits per heavy atom. The van der Waals surface area contributed by atoms with Crippen LogP contribution in [0.15, 0.2) is 30.3 Å². The minimum absolute atomic E-state index is 0.286. The normalized spacial score (nSPS) is 14.4. The zero-order chi connectivity index (χ0) is 13.2. The van der Waals surface area contributed by atoms with Gasteiger partial charge in [0, 0.05) is 12.6 Å². The second kappa shape index (κ2) is 9.12. The lowest BCUT2D eigenvalue weighted by molar-refractivity contribution is 0.257. The first-order chi connectivity index (χ1) is 8.77. The van der Waals surface area contributed by atoms with Crippen molar-refractivity contribution < 1.29 is 5.11 Å². The molecular weight excluding hydrogens is 222 g/mol. The number of aliphatic hydroxyl groups excluding tert-OH is 1. The van der Waals surface area contributed by atoms with E-state index in [0.29, 0.717) is 12.0 Å². The third-order valence-corrected chi connectivity index (χ3v) is 3.38. The van der Waals surface area contributed by atoms with Crippen molar-refractivity contribution in [1.82, 2.24) is 5.32 Å². The molecule has 2 N–H and O–H groups in total. The molecule has 1 aromatic rings. The highest BCUT2D eigenvalue weighted by Gasteiger charge is 2.11. The van der Waals surface area contributed by atoms with E-state index in [4.69, 9.17) is 5.11 Å². The molecule has 0 saturated heterocycles. The van der Waals surface area contributed by atoms with E-state index < -0.39 is 0 Å². The predicted octanol–water partition coefficient (Wildman–Crippen LogP) is 3.53. The van der Waals surface area contributed by atoms with Crippen molar-refractivity contribution >= 4 is 0 Å². The molecule has 0 amide bonds. The summed E-state index contributed by atoms with van der Waals surface area (Å²) >= 11 is 0.